The average molecular weight is 415 g/mol. The molecule has 2 aromatic carbocycles. The maximum absolute atomic E-state index is 12.8. The van der Waals surface area contributed by atoms with Crippen molar-refractivity contribution in [3.05, 3.63) is 82.9 Å². The van der Waals surface area contributed by atoms with Gasteiger partial charge in [-0.25, -0.2) is 0 Å². The summed E-state index contributed by atoms with van der Waals surface area (Å²) in [5.41, 5.74) is 4.52. The van der Waals surface area contributed by atoms with Gasteiger partial charge in [-0.1, -0.05) is 24.3 Å². The number of fused-ring (bicyclic) bond motifs is 1. The summed E-state index contributed by atoms with van der Waals surface area (Å²) in [5.74, 6) is 0. The second-order valence-corrected chi connectivity index (χ2v) is 8.14. The Morgan fingerprint density at radius 3 is 2.45 bits per heavy atom. The second-order valence-electron chi connectivity index (χ2n) is 8.14. The number of rotatable bonds is 6. The van der Waals surface area contributed by atoms with E-state index in [4.69, 9.17) is 0 Å². The van der Waals surface area contributed by atoms with Crippen LogP contribution in [0.3, 0.4) is 0 Å². The van der Waals surface area contributed by atoms with Crippen molar-refractivity contribution in [3.63, 3.8) is 0 Å². The molecule has 3 heterocycles. The van der Waals surface area contributed by atoms with Gasteiger partial charge in [-0.05, 0) is 66.9 Å². The van der Waals surface area contributed by atoms with Crippen molar-refractivity contribution in [2.75, 3.05) is 19.6 Å². The van der Waals surface area contributed by atoms with Crippen LogP contribution < -0.4 is 5.56 Å². The maximum Gasteiger partial charge on any atom is 0.255 e. The largest absolute Gasteiger partial charge is 0.392 e. The zero-order valence-electron chi connectivity index (χ0n) is 17.4. The Morgan fingerprint density at radius 1 is 0.903 bits per heavy atom. The summed E-state index contributed by atoms with van der Waals surface area (Å²) in [5, 5.41) is 14.8. The molecule has 0 spiro atoms. The lowest BCUT2D eigenvalue weighted by atomic mass is 10.1. The first-order valence-corrected chi connectivity index (χ1v) is 10.8. The molecule has 6 nitrogen and oxygen atoms in total. The first kappa shape index (κ1) is 19.7. The number of nitrogens with zero attached hydrogens (tertiary/aromatic N) is 4. The van der Waals surface area contributed by atoms with E-state index in [0.29, 0.717) is 0 Å². The molecule has 1 N–H and O–H groups in total. The van der Waals surface area contributed by atoms with E-state index in [2.05, 4.69) is 20.7 Å². The molecule has 0 atom stereocenters. The van der Waals surface area contributed by atoms with Crippen molar-refractivity contribution in [1.29, 1.82) is 0 Å². The number of aliphatic hydroxyl groups is 1. The van der Waals surface area contributed by atoms with E-state index in [1.54, 1.807) is 10.6 Å². The van der Waals surface area contributed by atoms with Crippen molar-refractivity contribution in [1.82, 2.24) is 19.2 Å². The monoisotopic (exact) mass is 414 g/mol. The van der Waals surface area contributed by atoms with Crippen LogP contribution in [0, 0.1) is 0 Å². The smallest absolute Gasteiger partial charge is 0.255 e. The standard InChI is InChI=1S/C25H26N4O2/c30-18-19-3-5-20(6-4-19)21-9-12-28(25(31)16-21)23-7-8-24-22(15-23)17-26-29(24)14-13-27-10-1-2-11-27/h3-9,12,15-17,30H,1-2,10-11,13-14,18H2. The fourth-order valence-corrected chi connectivity index (χ4v) is 4.32. The number of aromatic nitrogens is 3. The Labute approximate surface area is 181 Å². The van der Waals surface area contributed by atoms with Crippen molar-refractivity contribution in [3.8, 4) is 16.8 Å². The first-order chi connectivity index (χ1) is 15.2. The van der Waals surface area contributed by atoms with Gasteiger partial charge in [0.25, 0.3) is 5.56 Å². The van der Waals surface area contributed by atoms with Gasteiger partial charge in [-0.3, -0.25) is 14.0 Å². The lowest BCUT2D eigenvalue weighted by Gasteiger charge is -2.14. The van der Waals surface area contributed by atoms with Crippen LogP contribution >= 0.6 is 0 Å². The molecule has 158 valence electrons. The lowest BCUT2D eigenvalue weighted by Crippen LogP contribution is -2.24. The third kappa shape index (κ3) is 4.04. The summed E-state index contributed by atoms with van der Waals surface area (Å²) in [7, 11) is 0. The minimum absolute atomic E-state index is 0.0131. The highest BCUT2D eigenvalue weighted by molar-refractivity contribution is 5.81. The molecule has 0 aliphatic carbocycles. The Hall–Kier alpha value is -3.22. The highest BCUT2D eigenvalue weighted by Gasteiger charge is 2.12. The topological polar surface area (TPSA) is 63.3 Å². The fraction of sp³-hybridized carbons (Fsp3) is 0.280. The van der Waals surface area contributed by atoms with Crippen molar-refractivity contribution in [2.45, 2.75) is 26.0 Å². The molecule has 1 aliphatic rings. The number of pyridine rings is 1. The average Bonchev–Trinajstić information content (AvgIpc) is 3.47. The molecule has 0 saturated carbocycles. The van der Waals surface area contributed by atoms with Crippen molar-refractivity contribution >= 4 is 10.9 Å². The summed E-state index contributed by atoms with van der Waals surface area (Å²) in [6.45, 7) is 4.30. The van der Waals surface area contributed by atoms with Gasteiger partial charge in [0, 0.05) is 29.9 Å². The summed E-state index contributed by atoms with van der Waals surface area (Å²) >= 11 is 0. The Morgan fingerprint density at radius 2 is 1.71 bits per heavy atom. The predicted molar refractivity (Wildman–Crippen MR) is 122 cm³/mol. The molecule has 0 amide bonds. The second kappa shape index (κ2) is 8.49. The summed E-state index contributed by atoms with van der Waals surface area (Å²) < 4.78 is 3.71. The van der Waals surface area contributed by atoms with E-state index in [-0.39, 0.29) is 12.2 Å². The molecule has 1 fully saturated rings. The minimum atomic E-state index is -0.0792. The van der Waals surface area contributed by atoms with Gasteiger partial charge in [0.05, 0.1) is 24.9 Å². The van der Waals surface area contributed by atoms with Crippen LogP contribution in [0.1, 0.15) is 18.4 Å². The van der Waals surface area contributed by atoms with Gasteiger partial charge < -0.3 is 10.0 Å². The molecule has 31 heavy (non-hydrogen) atoms. The SMILES string of the molecule is O=c1cc(-c2ccc(CO)cc2)ccn1-c1ccc2c(cnn2CCN2CCCC2)c1. The van der Waals surface area contributed by atoms with E-state index >= 15 is 0 Å². The number of aliphatic hydroxyl groups excluding tert-OH is 1. The summed E-state index contributed by atoms with van der Waals surface area (Å²) in [6, 6.07) is 17.2. The molecular formula is C25H26N4O2. The van der Waals surface area contributed by atoms with Gasteiger partial charge in [-0.2, -0.15) is 5.10 Å². The molecule has 6 heteroatoms. The number of likely N-dealkylation sites (tertiary alicyclic amines) is 1. The Bertz CT molecular complexity index is 1250. The van der Waals surface area contributed by atoms with E-state index in [1.165, 1.54) is 25.9 Å². The third-order valence-corrected chi connectivity index (χ3v) is 6.12. The van der Waals surface area contributed by atoms with Crippen LogP contribution in [-0.4, -0.2) is 44.0 Å². The molecule has 4 aromatic rings. The number of hydrogen-bond donors (Lipinski definition) is 1. The van der Waals surface area contributed by atoms with Gasteiger partial charge in [0.15, 0.2) is 0 Å². The normalized spacial score (nSPS) is 14.5. The molecule has 1 aliphatic heterocycles. The van der Waals surface area contributed by atoms with E-state index < -0.39 is 0 Å². The van der Waals surface area contributed by atoms with Crippen LogP contribution in [0.4, 0.5) is 0 Å². The first-order valence-electron chi connectivity index (χ1n) is 10.8. The van der Waals surface area contributed by atoms with Crippen molar-refractivity contribution < 1.29 is 5.11 Å². The molecule has 0 radical (unpaired) electrons. The maximum atomic E-state index is 12.8. The molecule has 2 aromatic heterocycles. The highest BCUT2D eigenvalue weighted by atomic mass is 16.3. The van der Waals surface area contributed by atoms with Crippen LogP contribution in [0.25, 0.3) is 27.7 Å². The van der Waals surface area contributed by atoms with Crippen molar-refractivity contribution in [2.24, 2.45) is 0 Å². The van der Waals surface area contributed by atoms with Crippen LogP contribution in [0.5, 0.6) is 0 Å². The van der Waals surface area contributed by atoms with Gasteiger partial charge in [0.1, 0.15) is 0 Å². The molecular weight excluding hydrogens is 388 g/mol. The Kier molecular flexibility index (Phi) is 5.40. The summed E-state index contributed by atoms with van der Waals surface area (Å²) in [6.07, 6.45) is 6.29. The number of benzene rings is 2. The highest BCUT2D eigenvalue weighted by Crippen LogP contribution is 2.21. The van der Waals surface area contributed by atoms with Crippen LogP contribution in [-0.2, 0) is 13.2 Å². The molecule has 0 bridgehead atoms. The van der Waals surface area contributed by atoms with E-state index in [0.717, 1.165) is 46.4 Å². The van der Waals surface area contributed by atoms with Crippen LogP contribution in [0.15, 0.2) is 71.8 Å². The zero-order valence-corrected chi connectivity index (χ0v) is 17.4. The van der Waals surface area contributed by atoms with Gasteiger partial charge >= 0.3 is 0 Å². The van der Waals surface area contributed by atoms with E-state index in [9.17, 15) is 9.90 Å². The number of hydrogen-bond acceptors (Lipinski definition) is 4. The quantitative estimate of drug-likeness (QED) is 0.525. The summed E-state index contributed by atoms with van der Waals surface area (Å²) in [4.78, 5) is 15.3. The lowest BCUT2D eigenvalue weighted by molar-refractivity contribution is 0.282. The van der Waals surface area contributed by atoms with Gasteiger partial charge in [-0.15, -0.1) is 0 Å². The Balaban J connectivity index is 1.39. The molecule has 1 saturated heterocycles. The third-order valence-electron chi connectivity index (χ3n) is 6.12. The van der Waals surface area contributed by atoms with E-state index in [1.807, 2.05) is 54.9 Å². The minimum Gasteiger partial charge on any atom is -0.392 e. The predicted octanol–water partition coefficient (Wildman–Crippen LogP) is 3.44. The van der Waals surface area contributed by atoms with Crippen LogP contribution in [0.2, 0.25) is 0 Å². The molecule has 5 rings (SSSR count). The fourth-order valence-electron chi connectivity index (χ4n) is 4.32. The van der Waals surface area contributed by atoms with Gasteiger partial charge in [0.2, 0.25) is 0 Å². The zero-order chi connectivity index (χ0) is 21.2. The molecule has 0 unspecified atom stereocenters.